The Morgan fingerprint density at radius 2 is 1.78 bits per heavy atom. The third kappa shape index (κ3) is 8.89. The molecule has 0 aliphatic carbocycles. The number of imide groups is 1. The SMILES string of the molecule is CC(C)NC(=O)CNC(=O)NC(=O)/C=C/C(=O)O. The summed E-state index contributed by atoms with van der Waals surface area (Å²) in [6, 6.07) is -0.934. The smallest absolute Gasteiger partial charge is 0.328 e. The summed E-state index contributed by atoms with van der Waals surface area (Å²) in [5, 5.41) is 14.7. The van der Waals surface area contributed by atoms with Crippen LogP contribution in [0.5, 0.6) is 0 Å². The minimum absolute atomic E-state index is 0.0532. The van der Waals surface area contributed by atoms with Gasteiger partial charge in [-0.05, 0) is 13.8 Å². The van der Waals surface area contributed by atoms with Gasteiger partial charge in [0, 0.05) is 18.2 Å². The molecule has 0 aliphatic rings. The van der Waals surface area contributed by atoms with Crippen molar-refractivity contribution in [2.24, 2.45) is 0 Å². The van der Waals surface area contributed by atoms with Gasteiger partial charge >= 0.3 is 12.0 Å². The third-order valence-electron chi connectivity index (χ3n) is 1.47. The number of carbonyl (C=O) groups is 4. The van der Waals surface area contributed by atoms with Gasteiger partial charge in [-0.3, -0.25) is 14.9 Å². The Balaban J connectivity index is 3.94. The number of amides is 4. The average molecular weight is 257 g/mol. The molecule has 0 unspecified atom stereocenters. The van der Waals surface area contributed by atoms with Crippen LogP contribution >= 0.6 is 0 Å². The van der Waals surface area contributed by atoms with Crippen LogP contribution in [-0.4, -0.2) is 41.5 Å². The molecule has 0 saturated heterocycles. The molecule has 18 heavy (non-hydrogen) atoms. The molecule has 4 N–H and O–H groups in total. The summed E-state index contributed by atoms with van der Waals surface area (Å²) < 4.78 is 0. The first-order valence-corrected chi connectivity index (χ1v) is 5.10. The minimum atomic E-state index is -1.30. The molecule has 4 amide bonds. The first kappa shape index (κ1) is 15.6. The van der Waals surface area contributed by atoms with E-state index in [4.69, 9.17) is 5.11 Å². The molecule has 0 bridgehead atoms. The third-order valence-corrected chi connectivity index (χ3v) is 1.47. The number of nitrogens with one attached hydrogen (secondary N) is 3. The number of hydrogen-bond donors (Lipinski definition) is 4. The zero-order valence-corrected chi connectivity index (χ0v) is 10.0. The lowest BCUT2D eigenvalue weighted by Gasteiger charge is -2.09. The Bertz CT molecular complexity index is 376. The van der Waals surface area contributed by atoms with E-state index < -0.39 is 23.8 Å². The molecule has 0 rings (SSSR count). The van der Waals surface area contributed by atoms with Crippen molar-refractivity contribution >= 4 is 23.8 Å². The second kappa shape index (κ2) is 7.82. The molecule has 100 valence electrons. The minimum Gasteiger partial charge on any atom is -0.478 e. The van der Waals surface area contributed by atoms with Crippen molar-refractivity contribution in [3.63, 3.8) is 0 Å². The maximum atomic E-state index is 11.1. The number of urea groups is 1. The Morgan fingerprint density at radius 1 is 1.17 bits per heavy atom. The molecule has 0 atom stereocenters. The van der Waals surface area contributed by atoms with Crippen LogP contribution in [0, 0.1) is 0 Å². The molecule has 0 aromatic heterocycles. The summed E-state index contributed by atoms with van der Waals surface area (Å²) in [7, 11) is 0. The van der Waals surface area contributed by atoms with Crippen LogP contribution in [-0.2, 0) is 14.4 Å². The van der Waals surface area contributed by atoms with Gasteiger partial charge in [0.25, 0.3) is 5.91 Å². The van der Waals surface area contributed by atoms with Gasteiger partial charge in [-0.25, -0.2) is 9.59 Å². The van der Waals surface area contributed by atoms with E-state index >= 15 is 0 Å². The maximum absolute atomic E-state index is 11.1. The summed E-state index contributed by atoms with van der Waals surface area (Å²) in [6.07, 6.45) is 1.28. The van der Waals surface area contributed by atoms with Crippen LogP contribution < -0.4 is 16.0 Å². The zero-order valence-electron chi connectivity index (χ0n) is 10.0. The summed E-state index contributed by atoms with van der Waals surface area (Å²) in [5.41, 5.74) is 0. The summed E-state index contributed by atoms with van der Waals surface area (Å²) >= 11 is 0. The molecule has 0 heterocycles. The number of carboxylic acids is 1. The van der Waals surface area contributed by atoms with Crippen LogP contribution in [0.25, 0.3) is 0 Å². The van der Waals surface area contributed by atoms with E-state index in [0.717, 1.165) is 0 Å². The van der Waals surface area contributed by atoms with Gasteiger partial charge in [0.05, 0.1) is 6.54 Å². The first-order valence-electron chi connectivity index (χ1n) is 5.10. The Hall–Kier alpha value is -2.38. The highest BCUT2D eigenvalue weighted by atomic mass is 16.4. The van der Waals surface area contributed by atoms with Gasteiger partial charge in [-0.15, -0.1) is 0 Å². The van der Waals surface area contributed by atoms with Gasteiger partial charge < -0.3 is 15.7 Å². The van der Waals surface area contributed by atoms with Crippen molar-refractivity contribution < 1.29 is 24.3 Å². The van der Waals surface area contributed by atoms with E-state index in [9.17, 15) is 19.2 Å². The fraction of sp³-hybridized carbons (Fsp3) is 0.400. The van der Waals surface area contributed by atoms with Crippen molar-refractivity contribution in [2.75, 3.05) is 6.54 Å². The number of aliphatic carboxylic acids is 1. The van der Waals surface area contributed by atoms with Gasteiger partial charge in [0.1, 0.15) is 0 Å². The van der Waals surface area contributed by atoms with Crippen molar-refractivity contribution in [1.29, 1.82) is 0 Å². The van der Waals surface area contributed by atoms with Crippen molar-refractivity contribution in [1.82, 2.24) is 16.0 Å². The lowest BCUT2D eigenvalue weighted by atomic mass is 10.4. The Labute approximate surface area is 103 Å². The van der Waals surface area contributed by atoms with E-state index in [1.807, 2.05) is 5.32 Å². The fourth-order valence-corrected chi connectivity index (χ4v) is 0.878. The molecule has 0 spiro atoms. The summed E-state index contributed by atoms with van der Waals surface area (Å²) in [6.45, 7) is 3.25. The number of hydrogen-bond acceptors (Lipinski definition) is 4. The second-order valence-corrected chi connectivity index (χ2v) is 3.57. The van der Waals surface area contributed by atoms with Crippen molar-refractivity contribution in [2.45, 2.75) is 19.9 Å². The van der Waals surface area contributed by atoms with Crippen molar-refractivity contribution in [3.8, 4) is 0 Å². The van der Waals surface area contributed by atoms with Gasteiger partial charge in [0.2, 0.25) is 5.91 Å². The predicted octanol–water partition coefficient (Wildman–Crippen LogP) is -1.02. The molecular formula is C10H15N3O5. The summed E-state index contributed by atoms with van der Waals surface area (Å²) in [4.78, 5) is 43.3. The van der Waals surface area contributed by atoms with Gasteiger partial charge in [0.15, 0.2) is 0 Å². The van der Waals surface area contributed by atoms with E-state index in [2.05, 4.69) is 10.6 Å². The Kier molecular flexibility index (Phi) is 6.79. The largest absolute Gasteiger partial charge is 0.478 e. The van der Waals surface area contributed by atoms with Crippen LogP contribution in [0.3, 0.4) is 0 Å². The average Bonchev–Trinajstić information content (AvgIpc) is 2.22. The van der Waals surface area contributed by atoms with Crippen LogP contribution in [0.2, 0.25) is 0 Å². The highest BCUT2D eigenvalue weighted by molar-refractivity contribution is 6.03. The molecular weight excluding hydrogens is 242 g/mol. The fourth-order valence-electron chi connectivity index (χ4n) is 0.878. The molecule has 8 heteroatoms. The molecule has 8 nitrogen and oxygen atoms in total. The Morgan fingerprint density at radius 3 is 2.28 bits per heavy atom. The first-order chi connectivity index (χ1) is 8.31. The normalized spacial score (nSPS) is 10.2. The molecule has 0 aliphatic heterocycles. The lowest BCUT2D eigenvalue weighted by molar-refractivity contribution is -0.131. The monoisotopic (exact) mass is 257 g/mol. The molecule has 0 saturated carbocycles. The van der Waals surface area contributed by atoms with Gasteiger partial charge in [-0.1, -0.05) is 0 Å². The molecule has 0 fully saturated rings. The molecule has 0 radical (unpaired) electrons. The molecule has 0 aromatic carbocycles. The highest BCUT2D eigenvalue weighted by Crippen LogP contribution is 1.77. The lowest BCUT2D eigenvalue weighted by Crippen LogP contribution is -2.45. The van der Waals surface area contributed by atoms with E-state index in [0.29, 0.717) is 12.2 Å². The topological polar surface area (TPSA) is 125 Å². The second-order valence-electron chi connectivity index (χ2n) is 3.57. The maximum Gasteiger partial charge on any atom is 0.328 e. The number of carboxylic acid groups (broad SMARTS) is 1. The van der Waals surface area contributed by atoms with E-state index in [1.54, 1.807) is 13.8 Å². The van der Waals surface area contributed by atoms with E-state index in [1.165, 1.54) is 0 Å². The van der Waals surface area contributed by atoms with Crippen LogP contribution in [0.1, 0.15) is 13.8 Å². The van der Waals surface area contributed by atoms with Crippen LogP contribution in [0.4, 0.5) is 4.79 Å². The number of carbonyl (C=O) groups excluding carboxylic acids is 3. The van der Waals surface area contributed by atoms with Gasteiger partial charge in [-0.2, -0.15) is 0 Å². The number of rotatable bonds is 5. The van der Waals surface area contributed by atoms with Crippen molar-refractivity contribution in [3.05, 3.63) is 12.2 Å². The van der Waals surface area contributed by atoms with E-state index in [-0.39, 0.29) is 12.6 Å². The standard InChI is InChI=1S/C10H15N3O5/c1-6(2)12-8(15)5-11-10(18)13-7(14)3-4-9(16)17/h3-4,6H,5H2,1-2H3,(H,12,15)(H,16,17)(H2,11,13,14,18)/b4-3+. The highest BCUT2D eigenvalue weighted by Gasteiger charge is 2.08. The van der Waals surface area contributed by atoms with Crippen LogP contribution in [0.15, 0.2) is 12.2 Å². The molecule has 0 aromatic rings. The zero-order chi connectivity index (χ0) is 14.1. The predicted molar refractivity (Wildman–Crippen MR) is 61.6 cm³/mol. The quantitative estimate of drug-likeness (QED) is 0.469. The summed E-state index contributed by atoms with van der Waals surface area (Å²) in [5.74, 6) is -2.59.